The maximum atomic E-state index is 12.3. The number of carbonyl (C=O) groups excluding carboxylic acids is 2. The SMILES string of the molecule is CC(=O)Nc1ccc(CC(=O)NC(C)c2cc(C)ccc2C)cc1. The molecule has 0 heterocycles. The van der Waals surface area contributed by atoms with E-state index in [9.17, 15) is 9.59 Å². The molecule has 2 N–H and O–H groups in total. The van der Waals surface area contributed by atoms with Crippen molar-refractivity contribution in [2.45, 2.75) is 40.2 Å². The molecule has 0 saturated carbocycles. The summed E-state index contributed by atoms with van der Waals surface area (Å²) in [6.07, 6.45) is 0.315. The second-order valence-corrected chi connectivity index (χ2v) is 6.20. The van der Waals surface area contributed by atoms with Gasteiger partial charge >= 0.3 is 0 Å². The van der Waals surface area contributed by atoms with E-state index < -0.39 is 0 Å². The number of carbonyl (C=O) groups is 2. The fourth-order valence-corrected chi connectivity index (χ4v) is 2.69. The van der Waals surface area contributed by atoms with Gasteiger partial charge in [-0.05, 0) is 49.6 Å². The Kier molecular flexibility index (Phi) is 5.74. The lowest BCUT2D eigenvalue weighted by atomic mass is 9.99. The molecule has 0 radical (unpaired) electrons. The molecule has 0 aliphatic rings. The van der Waals surface area contributed by atoms with E-state index in [1.165, 1.54) is 18.1 Å². The lowest BCUT2D eigenvalue weighted by molar-refractivity contribution is -0.121. The highest BCUT2D eigenvalue weighted by Crippen LogP contribution is 2.19. The summed E-state index contributed by atoms with van der Waals surface area (Å²) < 4.78 is 0. The molecule has 0 aliphatic heterocycles. The maximum Gasteiger partial charge on any atom is 0.224 e. The second-order valence-electron chi connectivity index (χ2n) is 6.20. The molecule has 0 spiro atoms. The van der Waals surface area contributed by atoms with Gasteiger partial charge in [0.1, 0.15) is 0 Å². The van der Waals surface area contributed by atoms with Crippen molar-refractivity contribution >= 4 is 17.5 Å². The van der Waals surface area contributed by atoms with Crippen LogP contribution < -0.4 is 10.6 Å². The molecule has 1 unspecified atom stereocenters. The van der Waals surface area contributed by atoms with E-state index in [-0.39, 0.29) is 17.9 Å². The monoisotopic (exact) mass is 324 g/mol. The molecular weight excluding hydrogens is 300 g/mol. The number of hydrogen-bond donors (Lipinski definition) is 2. The highest BCUT2D eigenvalue weighted by atomic mass is 16.2. The molecule has 0 aromatic heterocycles. The molecule has 4 nitrogen and oxygen atoms in total. The van der Waals surface area contributed by atoms with Gasteiger partial charge in [-0.25, -0.2) is 0 Å². The summed E-state index contributed by atoms with van der Waals surface area (Å²) in [6.45, 7) is 7.57. The van der Waals surface area contributed by atoms with Gasteiger partial charge < -0.3 is 10.6 Å². The van der Waals surface area contributed by atoms with Gasteiger partial charge in [0.25, 0.3) is 0 Å². The van der Waals surface area contributed by atoms with Crippen LogP contribution in [-0.4, -0.2) is 11.8 Å². The zero-order chi connectivity index (χ0) is 17.7. The first-order valence-corrected chi connectivity index (χ1v) is 8.08. The molecule has 126 valence electrons. The predicted molar refractivity (Wildman–Crippen MR) is 96.9 cm³/mol. The molecule has 2 rings (SSSR count). The summed E-state index contributed by atoms with van der Waals surface area (Å²) in [6, 6.07) is 13.5. The Bertz CT molecular complexity index is 736. The lowest BCUT2D eigenvalue weighted by Gasteiger charge is -2.17. The third-order valence-corrected chi connectivity index (χ3v) is 3.92. The van der Waals surface area contributed by atoms with Crippen LogP contribution in [0.2, 0.25) is 0 Å². The average Bonchev–Trinajstić information content (AvgIpc) is 2.51. The standard InChI is InChI=1S/C20H24N2O2/c1-13-5-6-14(2)19(11-13)15(3)21-20(24)12-17-7-9-18(10-8-17)22-16(4)23/h5-11,15H,12H2,1-4H3,(H,21,24)(H,22,23). The molecule has 0 aliphatic carbocycles. The van der Waals surface area contributed by atoms with Gasteiger partial charge in [0.05, 0.1) is 12.5 Å². The smallest absolute Gasteiger partial charge is 0.224 e. The fraction of sp³-hybridized carbons (Fsp3) is 0.300. The number of rotatable bonds is 5. The highest BCUT2D eigenvalue weighted by Gasteiger charge is 2.12. The number of hydrogen-bond acceptors (Lipinski definition) is 2. The maximum absolute atomic E-state index is 12.3. The molecular formula is C20H24N2O2. The molecule has 24 heavy (non-hydrogen) atoms. The quantitative estimate of drug-likeness (QED) is 0.881. The van der Waals surface area contributed by atoms with Crippen molar-refractivity contribution in [2.24, 2.45) is 0 Å². The van der Waals surface area contributed by atoms with Gasteiger partial charge in [-0.15, -0.1) is 0 Å². The van der Waals surface area contributed by atoms with Crippen LogP contribution in [-0.2, 0) is 16.0 Å². The van der Waals surface area contributed by atoms with Gasteiger partial charge in [0.2, 0.25) is 11.8 Å². The number of nitrogens with one attached hydrogen (secondary N) is 2. The molecule has 1 atom stereocenters. The van der Waals surface area contributed by atoms with Gasteiger partial charge in [0, 0.05) is 12.6 Å². The average molecular weight is 324 g/mol. The number of anilines is 1. The van der Waals surface area contributed by atoms with Crippen LogP contribution >= 0.6 is 0 Å². The summed E-state index contributed by atoms with van der Waals surface area (Å²) >= 11 is 0. The van der Waals surface area contributed by atoms with Crippen LogP contribution in [0.25, 0.3) is 0 Å². The van der Waals surface area contributed by atoms with Gasteiger partial charge in [-0.2, -0.15) is 0 Å². The van der Waals surface area contributed by atoms with Crippen LogP contribution in [0.3, 0.4) is 0 Å². The number of aryl methyl sites for hydroxylation is 2. The summed E-state index contributed by atoms with van der Waals surface area (Å²) in [5, 5.41) is 5.76. The lowest BCUT2D eigenvalue weighted by Crippen LogP contribution is -2.28. The van der Waals surface area contributed by atoms with Crippen molar-refractivity contribution in [1.82, 2.24) is 5.32 Å². The summed E-state index contributed by atoms with van der Waals surface area (Å²) in [5.74, 6) is -0.126. The molecule has 2 aromatic carbocycles. The molecule has 0 saturated heterocycles. The largest absolute Gasteiger partial charge is 0.349 e. The van der Waals surface area contributed by atoms with Crippen LogP contribution in [0.15, 0.2) is 42.5 Å². The summed E-state index contributed by atoms with van der Waals surface area (Å²) in [4.78, 5) is 23.3. The third-order valence-electron chi connectivity index (χ3n) is 3.92. The van der Waals surface area contributed by atoms with Crippen LogP contribution in [0.5, 0.6) is 0 Å². The summed E-state index contributed by atoms with van der Waals surface area (Å²) in [7, 11) is 0. The minimum Gasteiger partial charge on any atom is -0.349 e. The van der Waals surface area contributed by atoms with Gasteiger partial charge in [-0.3, -0.25) is 9.59 Å². The molecule has 4 heteroatoms. The first kappa shape index (κ1) is 17.7. The zero-order valence-corrected chi connectivity index (χ0v) is 14.6. The fourth-order valence-electron chi connectivity index (χ4n) is 2.69. The first-order valence-electron chi connectivity index (χ1n) is 8.08. The Hall–Kier alpha value is -2.62. The topological polar surface area (TPSA) is 58.2 Å². The first-order chi connectivity index (χ1) is 11.3. The number of amides is 2. The van der Waals surface area contributed by atoms with Crippen LogP contribution in [0, 0.1) is 13.8 Å². The van der Waals surface area contributed by atoms with E-state index in [2.05, 4.69) is 35.8 Å². The molecule has 0 bridgehead atoms. The Morgan fingerprint density at radius 2 is 1.71 bits per heavy atom. The van der Waals surface area contributed by atoms with Crippen LogP contribution in [0.1, 0.15) is 42.1 Å². The van der Waals surface area contributed by atoms with Crippen molar-refractivity contribution in [2.75, 3.05) is 5.32 Å². The van der Waals surface area contributed by atoms with E-state index in [0.29, 0.717) is 6.42 Å². The van der Waals surface area contributed by atoms with Crippen molar-refractivity contribution in [3.05, 3.63) is 64.7 Å². The van der Waals surface area contributed by atoms with Crippen molar-refractivity contribution < 1.29 is 9.59 Å². The van der Waals surface area contributed by atoms with Crippen LogP contribution in [0.4, 0.5) is 5.69 Å². The zero-order valence-electron chi connectivity index (χ0n) is 14.6. The van der Waals surface area contributed by atoms with Gasteiger partial charge in [0.15, 0.2) is 0 Å². The molecule has 0 fully saturated rings. The van der Waals surface area contributed by atoms with E-state index in [1.807, 2.05) is 26.0 Å². The Balaban J connectivity index is 1.97. The molecule has 2 aromatic rings. The highest BCUT2D eigenvalue weighted by molar-refractivity contribution is 5.88. The van der Waals surface area contributed by atoms with E-state index >= 15 is 0 Å². The Labute approximate surface area is 143 Å². The van der Waals surface area contributed by atoms with E-state index in [1.54, 1.807) is 12.1 Å². The van der Waals surface area contributed by atoms with E-state index in [0.717, 1.165) is 16.8 Å². The Morgan fingerprint density at radius 1 is 1.04 bits per heavy atom. The van der Waals surface area contributed by atoms with Crippen molar-refractivity contribution in [3.63, 3.8) is 0 Å². The van der Waals surface area contributed by atoms with Crippen molar-refractivity contribution in [3.8, 4) is 0 Å². The molecule has 2 amide bonds. The number of benzene rings is 2. The Morgan fingerprint density at radius 3 is 2.33 bits per heavy atom. The van der Waals surface area contributed by atoms with Crippen molar-refractivity contribution in [1.29, 1.82) is 0 Å². The van der Waals surface area contributed by atoms with E-state index in [4.69, 9.17) is 0 Å². The minimum atomic E-state index is -0.108. The predicted octanol–water partition coefficient (Wildman–Crippen LogP) is 3.68. The third kappa shape index (κ3) is 4.95. The second kappa shape index (κ2) is 7.77. The van der Waals surface area contributed by atoms with Gasteiger partial charge in [-0.1, -0.05) is 35.9 Å². The summed E-state index contributed by atoms with van der Waals surface area (Å²) in [5.41, 5.74) is 5.15. The minimum absolute atomic E-state index is 0.0179. The normalized spacial score (nSPS) is 11.7.